The van der Waals surface area contributed by atoms with Gasteiger partial charge in [0.2, 0.25) is 5.91 Å². The Morgan fingerprint density at radius 2 is 2.07 bits per heavy atom. The molecule has 0 unspecified atom stereocenters. The van der Waals surface area contributed by atoms with Gasteiger partial charge in [0.25, 0.3) is 0 Å². The van der Waals surface area contributed by atoms with Crippen LogP contribution < -0.4 is 10.0 Å². The Labute approximate surface area is 186 Å². The van der Waals surface area contributed by atoms with Crippen molar-refractivity contribution in [3.05, 3.63) is 40.9 Å². The third-order valence-electron chi connectivity index (χ3n) is 5.06. The summed E-state index contributed by atoms with van der Waals surface area (Å²) in [6, 6.07) is 13.0. The number of nitriles is 1. The van der Waals surface area contributed by atoms with Crippen molar-refractivity contribution >= 4 is 55.7 Å². The van der Waals surface area contributed by atoms with Crippen LogP contribution in [-0.2, 0) is 4.79 Å². The minimum absolute atomic E-state index is 0.00173. The molecule has 1 aliphatic rings. The van der Waals surface area contributed by atoms with E-state index in [9.17, 15) is 14.4 Å². The minimum atomic E-state index is -1.53. The lowest BCUT2D eigenvalue weighted by Gasteiger charge is -2.24. The fourth-order valence-electron chi connectivity index (χ4n) is 3.32. The average molecular weight is 490 g/mol. The Bertz CT molecular complexity index is 1160. The maximum absolute atomic E-state index is 14.3. The smallest absolute Gasteiger partial charge is 0.239 e. The number of furan rings is 1. The number of alkyl halides is 1. The first kappa shape index (κ1) is 21.2. The molecular weight excluding hydrogens is 469 g/mol. The van der Waals surface area contributed by atoms with Crippen molar-refractivity contribution in [2.75, 3.05) is 0 Å². The zero-order chi connectivity index (χ0) is 21.5. The van der Waals surface area contributed by atoms with Crippen molar-refractivity contribution in [2.45, 2.75) is 55.3 Å². The predicted molar refractivity (Wildman–Crippen MR) is 120 cm³/mol. The van der Waals surface area contributed by atoms with Gasteiger partial charge in [0, 0.05) is 26.6 Å². The van der Waals surface area contributed by atoms with E-state index in [-0.39, 0.29) is 12.3 Å². The van der Waals surface area contributed by atoms with E-state index in [1.807, 2.05) is 36.4 Å². The van der Waals surface area contributed by atoms with Gasteiger partial charge in [-0.3, -0.25) is 4.79 Å². The predicted octanol–water partition coefficient (Wildman–Crippen LogP) is 5.62. The summed E-state index contributed by atoms with van der Waals surface area (Å²) in [5.41, 5.74) is -0.754. The Kier molecular flexibility index (Phi) is 5.56. The normalized spacial score (nSPS) is 16.4. The van der Waals surface area contributed by atoms with Gasteiger partial charge in [-0.15, -0.1) is 0 Å². The van der Waals surface area contributed by atoms with Crippen molar-refractivity contribution in [1.82, 2.24) is 10.0 Å². The van der Waals surface area contributed by atoms with Crippen LogP contribution in [0.25, 0.3) is 21.9 Å². The molecule has 1 amide bonds. The summed E-state index contributed by atoms with van der Waals surface area (Å²) in [6.45, 7) is 2.89. The first-order valence-electron chi connectivity index (χ1n) is 9.64. The SMILES string of the molecule is CC(C)(F)C[C@H](NSc1ccc2oc3cc(Br)ccc3c2c1)C(=O)NC1(C#N)CC1. The number of fused-ring (bicyclic) bond motifs is 3. The second-order valence-corrected chi connectivity index (χ2v) is 10.1. The molecule has 1 saturated carbocycles. The molecule has 156 valence electrons. The van der Waals surface area contributed by atoms with Crippen molar-refractivity contribution in [3.63, 3.8) is 0 Å². The molecule has 1 fully saturated rings. The first-order chi connectivity index (χ1) is 14.2. The van der Waals surface area contributed by atoms with Gasteiger partial charge in [0.1, 0.15) is 22.4 Å². The fraction of sp³-hybridized carbons (Fsp3) is 0.364. The molecule has 0 bridgehead atoms. The van der Waals surface area contributed by atoms with Gasteiger partial charge in [-0.25, -0.2) is 9.11 Å². The minimum Gasteiger partial charge on any atom is -0.456 e. The highest BCUT2D eigenvalue weighted by Gasteiger charge is 2.46. The summed E-state index contributed by atoms with van der Waals surface area (Å²) in [7, 11) is 0. The maximum Gasteiger partial charge on any atom is 0.239 e. The number of carbonyl (C=O) groups excluding carboxylic acids is 1. The zero-order valence-corrected chi connectivity index (χ0v) is 19.0. The van der Waals surface area contributed by atoms with Crippen LogP contribution in [0.1, 0.15) is 33.1 Å². The summed E-state index contributed by atoms with van der Waals surface area (Å²) < 4.78 is 24.2. The van der Waals surface area contributed by atoms with Crippen molar-refractivity contribution in [1.29, 1.82) is 5.26 Å². The van der Waals surface area contributed by atoms with Crippen LogP contribution in [0.15, 0.2) is 50.2 Å². The van der Waals surface area contributed by atoms with Crippen LogP contribution in [0.4, 0.5) is 4.39 Å². The number of amides is 1. The van der Waals surface area contributed by atoms with Crippen molar-refractivity contribution < 1.29 is 13.6 Å². The van der Waals surface area contributed by atoms with E-state index in [0.29, 0.717) is 12.8 Å². The maximum atomic E-state index is 14.3. The molecule has 4 rings (SSSR count). The van der Waals surface area contributed by atoms with E-state index < -0.39 is 17.2 Å². The summed E-state index contributed by atoms with van der Waals surface area (Å²) in [5.74, 6) is -0.355. The Hall–Kier alpha value is -2.08. The van der Waals surface area contributed by atoms with E-state index >= 15 is 0 Å². The van der Waals surface area contributed by atoms with Gasteiger partial charge in [0.15, 0.2) is 0 Å². The van der Waals surface area contributed by atoms with E-state index in [0.717, 1.165) is 31.3 Å². The van der Waals surface area contributed by atoms with Crippen LogP contribution in [0.5, 0.6) is 0 Å². The van der Waals surface area contributed by atoms with Gasteiger partial charge in [-0.2, -0.15) is 5.26 Å². The number of carbonyl (C=O) groups is 1. The highest BCUT2D eigenvalue weighted by atomic mass is 79.9. The number of benzene rings is 2. The number of hydrogen-bond acceptors (Lipinski definition) is 5. The summed E-state index contributed by atoms with van der Waals surface area (Å²) in [6.07, 6.45) is 1.27. The second kappa shape index (κ2) is 7.88. The lowest BCUT2D eigenvalue weighted by Crippen LogP contribution is -2.48. The van der Waals surface area contributed by atoms with Gasteiger partial charge >= 0.3 is 0 Å². The number of rotatable bonds is 7. The highest BCUT2D eigenvalue weighted by Crippen LogP contribution is 2.35. The van der Waals surface area contributed by atoms with Gasteiger partial charge in [-0.1, -0.05) is 15.9 Å². The lowest BCUT2D eigenvalue weighted by atomic mass is 10.0. The van der Waals surface area contributed by atoms with Crippen LogP contribution >= 0.6 is 27.9 Å². The van der Waals surface area contributed by atoms with E-state index in [1.54, 1.807) is 0 Å². The fourth-order valence-corrected chi connectivity index (χ4v) is 4.44. The van der Waals surface area contributed by atoms with Crippen molar-refractivity contribution in [2.24, 2.45) is 0 Å². The Balaban J connectivity index is 1.53. The summed E-state index contributed by atoms with van der Waals surface area (Å²) in [4.78, 5) is 13.6. The second-order valence-electron chi connectivity index (χ2n) is 8.28. The molecule has 30 heavy (non-hydrogen) atoms. The number of halogens is 2. The molecule has 8 heteroatoms. The summed E-state index contributed by atoms with van der Waals surface area (Å²) in [5, 5.41) is 14.0. The van der Waals surface area contributed by atoms with Gasteiger partial charge in [0.05, 0.1) is 12.1 Å². The molecule has 0 spiro atoms. The molecule has 0 saturated heterocycles. The molecule has 1 heterocycles. The Morgan fingerprint density at radius 3 is 2.73 bits per heavy atom. The molecule has 2 aromatic carbocycles. The molecule has 2 N–H and O–H groups in total. The molecule has 1 atom stereocenters. The van der Waals surface area contributed by atoms with Gasteiger partial charge < -0.3 is 9.73 Å². The van der Waals surface area contributed by atoms with E-state index in [1.165, 1.54) is 25.8 Å². The quantitative estimate of drug-likeness (QED) is 0.420. The van der Waals surface area contributed by atoms with Crippen LogP contribution in [0, 0.1) is 11.3 Å². The first-order valence-corrected chi connectivity index (χ1v) is 11.3. The third kappa shape index (κ3) is 4.64. The monoisotopic (exact) mass is 489 g/mol. The zero-order valence-electron chi connectivity index (χ0n) is 16.6. The molecule has 1 aliphatic carbocycles. The number of hydrogen-bond donors (Lipinski definition) is 2. The van der Waals surface area contributed by atoms with Gasteiger partial charge in [-0.05, 0) is 75.0 Å². The van der Waals surface area contributed by atoms with E-state index in [4.69, 9.17) is 4.42 Å². The number of nitrogens with zero attached hydrogens (tertiary/aromatic N) is 1. The molecular formula is C22H21BrFN3O2S. The van der Waals surface area contributed by atoms with Crippen LogP contribution in [0.2, 0.25) is 0 Å². The Morgan fingerprint density at radius 1 is 1.30 bits per heavy atom. The van der Waals surface area contributed by atoms with Crippen LogP contribution in [0.3, 0.4) is 0 Å². The highest BCUT2D eigenvalue weighted by molar-refractivity contribution is 9.10. The largest absolute Gasteiger partial charge is 0.456 e. The molecule has 1 aromatic heterocycles. The van der Waals surface area contributed by atoms with Crippen LogP contribution in [-0.4, -0.2) is 23.2 Å². The standard InChI is InChI=1S/C22H21BrFN3O2S/c1-21(2,24)11-17(20(28)26-22(12-25)7-8-22)27-30-14-4-6-18-16(10-14)15-5-3-13(23)9-19(15)29-18/h3-6,9-10,17,27H,7-8,11H2,1-2H3,(H,26,28)/t17-/m0/s1. The number of nitrogens with one attached hydrogen (secondary N) is 2. The molecule has 0 radical (unpaired) electrons. The van der Waals surface area contributed by atoms with Crippen molar-refractivity contribution in [3.8, 4) is 6.07 Å². The molecule has 3 aromatic rings. The average Bonchev–Trinajstić information content (AvgIpc) is 3.36. The topological polar surface area (TPSA) is 78.1 Å². The van der Waals surface area contributed by atoms with E-state index in [2.05, 4.69) is 32.0 Å². The third-order valence-corrected chi connectivity index (χ3v) is 6.44. The summed E-state index contributed by atoms with van der Waals surface area (Å²) >= 11 is 4.72. The molecule has 0 aliphatic heterocycles. The lowest BCUT2D eigenvalue weighted by molar-refractivity contribution is -0.124. The molecule has 5 nitrogen and oxygen atoms in total.